The van der Waals surface area contributed by atoms with Crippen LogP contribution in [0.3, 0.4) is 0 Å². The second kappa shape index (κ2) is 9.25. The number of amides is 3. The molecule has 1 aliphatic heterocycles. The van der Waals surface area contributed by atoms with Gasteiger partial charge in [-0.15, -0.1) is 0 Å². The number of fused-ring (bicyclic) bond motifs is 1. The van der Waals surface area contributed by atoms with Crippen molar-refractivity contribution in [3.63, 3.8) is 0 Å². The smallest absolute Gasteiger partial charge is 0.338 e. The molecule has 1 aromatic rings. The van der Waals surface area contributed by atoms with Gasteiger partial charge in [0.15, 0.2) is 6.61 Å². The fourth-order valence-electron chi connectivity index (χ4n) is 3.13. The average molecular weight is 426 g/mol. The van der Waals surface area contributed by atoms with Crippen LogP contribution in [0.4, 0.5) is 10.5 Å². The highest BCUT2D eigenvalue weighted by atomic mass is 32.2. The first kappa shape index (κ1) is 22.7. The molecule has 1 heterocycles. The maximum Gasteiger partial charge on any atom is 0.338 e. The van der Waals surface area contributed by atoms with Crippen molar-refractivity contribution in [2.75, 3.05) is 23.7 Å². The topological polar surface area (TPSA) is 122 Å². The van der Waals surface area contributed by atoms with Gasteiger partial charge in [0.05, 0.1) is 17.5 Å². The van der Waals surface area contributed by atoms with Gasteiger partial charge in [-0.3, -0.25) is 14.4 Å². The molecule has 1 atom stereocenters. The number of esters is 1. The molecule has 0 radical (unpaired) electrons. The molecule has 0 unspecified atom stereocenters. The van der Waals surface area contributed by atoms with Gasteiger partial charge in [-0.25, -0.2) is 18.0 Å². The number of ether oxygens (including phenoxy) is 1. The molecular weight excluding hydrogens is 398 g/mol. The molecule has 3 amide bonds. The van der Waals surface area contributed by atoms with E-state index in [4.69, 9.17) is 4.74 Å². The highest BCUT2D eigenvalue weighted by molar-refractivity contribution is 7.92. The Labute approximate surface area is 170 Å². The van der Waals surface area contributed by atoms with Gasteiger partial charge in [0.25, 0.3) is 5.91 Å². The van der Waals surface area contributed by atoms with Crippen LogP contribution >= 0.6 is 0 Å². The number of anilines is 1. The lowest BCUT2D eigenvalue weighted by atomic mass is 10.1. The van der Waals surface area contributed by atoms with Crippen molar-refractivity contribution < 1.29 is 27.5 Å². The molecule has 2 N–H and O–H groups in total. The quantitative estimate of drug-likeness (QED) is 0.637. The normalized spacial score (nSPS) is 15.8. The molecule has 0 aromatic heterocycles. The summed E-state index contributed by atoms with van der Waals surface area (Å²) in [5, 5.41) is 4.64. The van der Waals surface area contributed by atoms with Crippen molar-refractivity contribution in [3.05, 3.63) is 29.3 Å². The zero-order valence-electron chi connectivity index (χ0n) is 17.0. The molecule has 0 bridgehead atoms. The van der Waals surface area contributed by atoms with Crippen LogP contribution < -0.4 is 14.9 Å². The Morgan fingerprint density at radius 2 is 1.97 bits per heavy atom. The fraction of sp³-hybridized carbons (Fsp3) is 0.526. The number of carbonyl (C=O) groups excluding carboxylic acids is 3. The first-order valence-corrected chi connectivity index (χ1v) is 11.2. The molecule has 1 aliphatic rings. The lowest BCUT2D eigenvalue weighted by Gasteiger charge is -2.21. The number of sulfonamides is 1. The standard InChI is InChI=1S/C19H27N3O6S/c1-12(2)7-8-20-19(25)21-17(23)11-28-18(24)14-5-6-16-15(10-14)9-13(3)22(16)29(4,26)27/h5-6,10,12-13H,7-9,11H2,1-4H3,(H2,20,21,23,25)/t13-/m1/s1. The van der Waals surface area contributed by atoms with Crippen LogP contribution in [0.5, 0.6) is 0 Å². The molecule has 2 rings (SSSR count). The number of nitrogens with zero attached hydrogens (tertiary/aromatic N) is 1. The summed E-state index contributed by atoms with van der Waals surface area (Å²) in [6.07, 6.45) is 2.39. The van der Waals surface area contributed by atoms with E-state index in [2.05, 4.69) is 10.6 Å². The van der Waals surface area contributed by atoms with Crippen molar-refractivity contribution in [1.82, 2.24) is 10.6 Å². The van der Waals surface area contributed by atoms with Gasteiger partial charge in [-0.05, 0) is 49.4 Å². The van der Waals surface area contributed by atoms with Crippen molar-refractivity contribution in [2.24, 2.45) is 5.92 Å². The summed E-state index contributed by atoms with van der Waals surface area (Å²) in [6.45, 7) is 5.66. The van der Waals surface area contributed by atoms with E-state index in [9.17, 15) is 22.8 Å². The Hall–Kier alpha value is -2.62. The average Bonchev–Trinajstić information content (AvgIpc) is 2.94. The van der Waals surface area contributed by atoms with Crippen molar-refractivity contribution in [3.8, 4) is 0 Å². The molecule has 160 valence electrons. The van der Waals surface area contributed by atoms with Gasteiger partial charge in [0.1, 0.15) is 0 Å². The highest BCUT2D eigenvalue weighted by Gasteiger charge is 2.33. The maximum atomic E-state index is 12.2. The number of carbonyl (C=O) groups is 3. The summed E-state index contributed by atoms with van der Waals surface area (Å²) in [5.41, 5.74) is 1.46. The molecule has 10 heteroatoms. The second-order valence-electron chi connectivity index (χ2n) is 7.52. The number of nitrogens with one attached hydrogen (secondary N) is 2. The lowest BCUT2D eigenvalue weighted by Crippen LogP contribution is -2.41. The second-order valence-corrected chi connectivity index (χ2v) is 9.38. The Balaban J connectivity index is 1.90. The number of imide groups is 1. The molecular formula is C19H27N3O6S. The van der Waals surface area contributed by atoms with Gasteiger partial charge in [-0.2, -0.15) is 0 Å². The van der Waals surface area contributed by atoms with Gasteiger partial charge in [0, 0.05) is 12.6 Å². The minimum atomic E-state index is -3.42. The van der Waals surface area contributed by atoms with E-state index in [0.717, 1.165) is 12.7 Å². The van der Waals surface area contributed by atoms with Gasteiger partial charge < -0.3 is 10.1 Å². The Morgan fingerprint density at radius 1 is 1.28 bits per heavy atom. The SMILES string of the molecule is CC(C)CCNC(=O)NC(=O)COC(=O)c1ccc2c(c1)C[C@@H](C)N2S(C)(=O)=O. The maximum absolute atomic E-state index is 12.2. The van der Waals surface area contributed by atoms with E-state index in [-0.39, 0.29) is 11.6 Å². The van der Waals surface area contributed by atoms with Crippen molar-refractivity contribution >= 4 is 33.6 Å². The Kier molecular flexibility index (Phi) is 7.23. The van der Waals surface area contributed by atoms with E-state index in [1.54, 1.807) is 19.1 Å². The van der Waals surface area contributed by atoms with Crippen LogP contribution in [-0.4, -0.2) is 51.8 Å². The molecule has 0 saturated carbocycles. The summed E-state index contributed by atoms with van der Waals surface area (Å²) in [4.78, 5) is 35.5. The molecule has 0 fully saturated rings. The molecule has 0 saturated heterocycles. The predicted octanol–water partition coefficient (Wildman–Crippen LogP) is 1.43. The van der Waals surface area contributed by atoms with Gasteiger partial charge in [0.2, 0.25) is 10.0 Å². The molecule has 9 nitrogen and oxygen atoms in total. The molecule has 1 aromatic carbocycles. The number of rotatable bonds is 7. The van der Waals surface area contributed by atoms with Crippen LogP contribution in [0.2, 0.25) is 0 Å². The number of hydrogen-bond donors (Lipinski definition) is 2. The first-order chi connectivity index (χ1) is 13.5. The van der Waals surface area contributed by atoms with Crippen LogP contribution in [0.1, 0.15) is 43.1 Å². The van der Waals surface area contributed by atoms with E-state index < -0.39 is 34.5 Å². The van der Waals surface area contributed by atoms with E-state index >= 15 is 0 Å². The predicted molar refractivity (Wildman–Crippen MR) is 108 cm³/mol. The molecule has 0 spiro atoms. The van der Waals surface area contributed by atoms with Crippen molar-refractivity contribution in [2.45, 2.75) is 39.7 Å². The third-order valence-electron chi connectivity index (χ3n) is 4.42. The number of hydrogen-bond acceptors (Lipinski definition) is 6. The zero-order valence-corrected chi connectivity index (χ0v) is 17.8. The molecule has 0 aliphatic carbocycles. The minimum absolute atomic E-state index is 0.209. The van der Waals surface area contributed by atoms with E-state index in [0.29, 0.717) is 30.1 Å². The third kappa shape index (κ3) is 6.18. The van der Waals surface area contributed by atoms with Crippen LogP contribution in [0.25, 0.3) is 0 Å². The summed E-state index contributed by atoms with van der Waals surface area (Å²) >= 11 is 0. The monoisotopic (exact) mass is 425 g/mol. The fourth-order valence-corrected chi connectivity index (χ4v) is 4.39. The van der Waals surface area contributed by atoms with Gasteiger partial charge in [-0.1, -0.05) is 13.8 Å². The first-order valence-electron chi connectivity index (χ1n) is 9.36. The van der Waals surface area contributed by atoms with Crippen LogP contribution in [0, 0.1) is 5.92 Å². The minimum Gasteiger partial charge on any atom is -0.452 e. The van der Waals surface area contributed by atoms with E-state index in [1.165, 1.54) is 10.4 Å². The van der Waals surface area contributed by atoms with Crippen LogP contribution in [0.15, 0.2) is 18.2 Å². The highest BCUT2D eigenvalue weighted by Crippen LogP contribution is 2.34. The Bertz CT molecular complexity index is 897. The number of benzene rings is 1. The van der Waals surface area contributed by atoms with Gasteiger partial charge >= 0.3 is 12.0 Å². The lowest BCUT2D eigenvalue weighted by molar-refractivity contribution is -0.123. The largest absolute Gasteiger partial charge is 0.452 e. The summed E-state index contributed by atoms with van der Waals surface area (Å²) in [5.74, 6) is -1.04. The summed E-state index contributed by atoms with van der Waals surface area (Å²) < 4.78 is 30.2. The number of urea groups is 1. The third-order valence-corrected chi connectivity index (χ3v) is 5.69. The van der Waals surface area contributed by atoms with Crippen LogP contribution in [-0.2, 0) is 26.0 Å². The zero-order chi connectivity index (χ0) is 21.8. The Morgan fingerprint density at radius 3 is 2.59 bits per heavy atom. The summed E-state index contributed by atoms with van der Waals surface area (Å²) in [7, 11) is -3.42. The molecule has 29 heavy (non-hydrogen) atoms. The summed E-state index contributed by atoms with van der Waals surface area (Å²) in [6, 6.07) is 3.69. The van der Waals surface area contributed by atoms with E-state index in [1.807, 2.05) is 13.8 Å². The van der Waals surface area contributed by atoms with Crippen molar-refractivity contribution in [1.29, 1.82) is 0 Å².